The molecule has 8 heteroatoms. The minimum absolute atomic E-state index is 0.0259. The molecule has 0 aliphatic carbocycles. The molecule has 4 rings (SSSR count). The van der Waals surface area contributed by atoms with Crippen molar-refractivity contribution < 1.29 is 14.3 Å². The number of carbonyl (C=O) groups is 1. The number of rotatable bonds is 5. The topological polar surface area (TPSA) is 85.4 Å². The maximum absolute atomic E-state index is 12.0. The summed E-state index contributed by atoms with van der Waals surface area (Å²) in [4.78, 5) is 21.5. The normalized spacial score (nSPS) is 16.6. The number of amides is 1. The molecule has 7 nitrogen and oxygen atoms in total. The molecule has 2 aromatic heterocycles. The molecule has 1 atom stereocenters. The van der Waals surface area contributed by atoms with E-state index in [9.17, 15) is 4.79 Å². The number of ether oxygens (including phenoxy) is 2. The van der Waals surface area contributed by atoms with Crippen LogP contribution in [0.4, 0.5) is 11.5 Å². The maximum Gasteiger partial charge on any atom is 0.251 e. The van der Waals surface area contributed by atoms with Gasteiger partial charge in [0.2, 0.25) is 0 Å². The van der Waals surface area contributed by atoms with E-state index >= 15 is 0 Å². The van der Waals surface area contributed by atoms with Crippen LogP contribution in [0, 0.1) is 0 Å². The van der Waals surface area contributed by atoms with Gasteiger partial charge in [-0.25, -0.2) is 9.97 Å². The molecule has 0 radical (unpaired) electrons. The standard InChI is InChI=1S/C18H18N4O3S/c1-19-17(23)11-2-3-14(15(8-11)25-12-4-6-24-9-12)22-16-13-5-7-26-18(13)21-10-20-16/h2-3,5,7-8,10,12H,4,6,9H2,1H3,(H,19,23)(H,20,21,22). The number of aromatic nitrogens is 2. The summed E-state index contributed by atoms with van der Waals surface area (Å²) in [7, 11) is 1.61. The summed E-state index contributed by atoms with van der Waals surface area (Å²) in [6, 6.07) is 7.30. The van der Waals surface area contributed by atoms with Gasteiger partial charge in [0.1, 0.15) is 28.8 Å². The van der Waals surface area contributed by atoms with Gasteiger partial charge in [0, 0.05) is 19.0 Å². The molecule has 1 fully saturated rings. The first-order valence-corrected chi connectivity index (χ1v) is 9.18. The number of benzene rings is 1. The van der Waals surface area contributed by atoms with Crippen molar-refractivity contribution in [3.63, 3.8) is 0 Å². The molecular weight excluding hydrogens is 352 g/mol. The zero-order chi connectivity index (χ0) is 17.9. The molecule has 134 valence electrons. The molecule has 3 aromatic rings. The number of nitrogens with one attached hydrogen (secondary N) is 2. The number of thiophene rings is 1. The van der Waals surface area contributed by atoms with Gasteiger partial charge >= 0.3 is 0 Å². The van der Waals surface area contributed by atoms with Gasteiger partial charge < -0.3 is 20.1 Å². The summed E-state index contributed by atoms with van der Waals surface area (Å²) < 4.78 is 11.5. The van der Waals surface area contributed by atoms with E-state index < -0.39 is 0 Å². The monoisotopic (exact) mass is 370 g/mol. The van der Waals surface area contributed by atoms with Crippen LogP contribution in [0.25, 0.3) is 10.2 Å². The molecule has 1 aliphatic rings. The highest BCUT2D eigenvalue weighted by atomic mass is 32.1. The van der Waals surface area contributed by atoms with Gasteiger partial charge in [-0.05, 0) is 29.6 Å². The zero-order valence-electron chi connectivity index (χ0n) is 14.2. The Labute approximate surface area is 154 Å². The van der Waals surface area contributed by atoms with Gasteiger partial charge in [0.15, 0.2) is 0 Å². The van der Waals surface area contributed by atoms with Crippen molar-refractivity contribution in [3.05, 3.63) is 41.5 Å². The van der Waals surface area contributed by atoms with Crippen molar-refractivity contribution in [3.8, 4) is 5.75 Å². The van der Waals surface area contributed by atoms with Gasteiger partial charge in [0.25, 0.3) is 5.91 Å². The van der Waals surface area contributed by atoms with Crippen molar-refractivity contribution in [1.29, 1.82) is 0 Å². The third kappa shape index (κ3) is 3.33. The van der Waals surface area contributed by atoms with Gasteiger partial charge in [-0.15, -0.1) is 11.3 Å². The van der Waals surface area contributed by atoms with Crippen LogP contribution in [-0.2, 0) is 4.74 Å². The lowest BCUT2D eigenvalue weighted by molar-refractivity contribution is 0.0962. The number of carbonyl (C=O) groups excluding carboxylic acids is 1. The molecule has 1 amide bonds. The van der Waals surface area contributed by atoms with Crippen LogP contribution in [-0.4, -0.2) is 42.2 Å². The van der Waals surface area contributed by atoms with Gasteiger partial charge in [-0.2, -0.15) is 0 Å². The van der Waals surface area contributed by atoms with E-state index in [4.69, 9.17) is 9.47 Å². The van der Waals surface area contributed by atoms with Gasteiger partial charge in [-0.1, -0.05) is 0 Å². The molecule has 1 saturated heterocycles. The van der Waals surface area contributed by atoms with Crippen LogP contribution in [0.2, 0.25) is 0 Å². The quantitative estimate of drug-likeness (QED) is 0.718. The molecule has 1 unspecified atom stereocenters. The SMILES string of the molecule is CNC(=O)c1ccc(Nc2ncnc3sccc23)c(OC2CCOC2)c1. The first-order valence-electron chi connectivity index (χ1n) is 8.30. The summed E-state index contributed by atoms with van der Waals surface area (Å²) in [5.74, 6) is 1.14. The van der Waals surface area contributed by atoms with Crippen LogP contribution < -0.4 is 15.4 Å². The minimum Gasteiger partial charge on any atom is -0.486 e. The fraction of sp³-hybridized carbons (Fsp3) is 0.278. The average Bonchev–Trinajstić information content (AvgIpc) is 3.34. The number of hydrogen-bond acceptors (Lipinski definition) is 7. The summed E-state index contributed by atoms with van der Waals surface area (Å²) in [6.07, 6.45) is 2.33. The lowest BCUT2D eigenvalue weighted by atomic mass is 10.1. The van der Waals surface area contributed by atoms with Crippen LogP contribution in [0.1, 0.15) is 16.8 Å². The Morgan fingerprint density at radius 3 is 3.08 bits per heavy atom. The molecule has 26 heavy (non-hydrogen) atoms. The highest BCUT2D eigenvalue weighted by molar-refractivity contribution is 7.16. The Hall–Kier alpha value is -2.71. The lowest BCUT2D eigenvalue weighted by Crippen LogP contribution is -2.19. The maximum atomic E-state index is 12.0. The number of anilines is 2. The summed E-state index contributed by atoms with van der Waals surface area (Å²) in [5.41, 5.74) is 1.28. The lowest BCUT2D eigenvalue weighted by Gasteiger charge is -2.17. The Morgan fingerprint density at radius 1 is 1.35 bits per heavy atom. The third-order valence-electron chi connectivity index (χ3n) is 4.17. The average molecular weight is 370 g/mol. The van der Waals surface area contributed by atoms with Crippen molar-refractivity contribution in [2.45, 2.75) is 12.5 Å². The highest BCUT2D eigenvalue weighted by Gasteiger charge is 2.20. The van der Waals surface area contributed by atoms with E-state index in [1.54, 1.807) is 30.5 Å². The Morgan fingerprint density at radius 2 is 2.27 bits per heavy atom. The first kappa shape index (κ1) is 16.7. The predicted molar refractivity (Wildman–Crippen MR) is 100 cm³/mol. The molecule has 3 heterocycles. The van der Waals surface area contributed by atoms with Crippen LogP contribution in [0.15, 0.2) is 36.0 Å². The summed E-state index contributed by atoms with van der Waals surface area (Å²) in [6.45, 7) is 1.23. The van der Waals surface area contributed by atoms with Crippen LogP contribution in [0.5, 0.6) is 5.75 Å². The second kappa shape index (κ2) is 7.27. The summed E-state index contributed by atoms with van der Waals surface area (Å²) >= 11 is 1.56. The Balaban J connectivity index is 1.69. The van der Waals surface area contributed by atoms with Gasteiger partial charge in [-0.3, -0.25) is 4.79 Å². The van der Waals surface area contributed by atoms with Gasteiger partial charge in [0.05, 0.1) is 24.3 Å². The molecule has 1 aromatic carbocycles. The van der Waals surface area contributed by atoms with E-state index in [1.807, 2.05) is 17.5 Å². The second-order valence-electron chi connectivity index (χ2n) is 5.88. The fourth-order valence-electron chi connectivity index (χ4n) is 2.81. The predicted octanol–water partition coefficient (Wildman–Crippen LogP) is 2.96. The minimum atomic E-state index is -0.161. The van der Waals surface area contributed by atoms with Crippen molar-refractivity contribution in [2.75, 3.05) is 25.6 Å². The van der Waals surface area contributed by atoms with E-state index in [0.29, 0.717) is 30.3 Å². The molecule has 0 saturated carbocycles. The Bertz CT molecular complexity index is 937. The third-order valence-corrected chi connectivity index (χ3v) is 4.99. The highest BCUT2D eigenvalue weighted by Crippen LogP contribution is 2.33. The van der Waals surface area contributed by atoms with Crippen molar-refractivity contribution >= 4 is 39.0 Å². The molecular formula is C18H18N4O3S. The van der Waals surface area contributed by atoms with E-state index in [-0.39, 0.29) is 12.0 Å². The summed E-state index contributed by atoms with van der Waals surface area (Å²) in [5, 5.41) is 8.88. The zero-order valence-corrected chi connectivity index (χ0v) is 15.0. The van der Waals surface area contributed by atoms with E-state index in [2.05, 4.69) is 20.6 Å². The smallest absolute Gasteiger partial charge is 0.251 e. The van der Waals surface area contributed by atoms with Crippen LogP contribution >= 0.6 is 11.3 Å². The molecule has 1 aliphatic heterocycles. The number of hydrogen-bond donors (Lipinski definition) is 2. The van der Waals surface area contributed by atoms with Crippen molar-refractivity contribution in [2.24, 2.45) is 0 Å². The Kier molecular flexibility index (Phi) is 4.68. The molecule has 0 spiro atoms. The second-order valence-corrected chi connectivity index (χ2v) is 6.77. The van der Waals surface area contributed by atoms with E-state index in [0.717, 1.165) is 22.3 Å². The van der Waals surface area contributed by atoms with Crippen molar-refractivity contribution in [1.82, 2.24) is 15.3 Å². The largest absolute Gasteiger partial charge is 0.486 e. The fourth-order valence-corrected chi connectivity index (χ4v) is 3.54. The van der Waals surface area contributed by atoms with Crippen LogP contribution in [0.3, 0.4) is 0 Å². The number of fused-ring (bicyclic) bond motifs is 1. The van der Waals surface area contributed by atoms with E-state index in [1.165, 1.54) is 6.33 Å². The first-order chi connectivity index (χ1) is 12.7. The molecule has 0 bridgehead atoms. The number of nitrogens with zero attached hydrogens (tertiary/aromatic N) is 2. The molecule has 2 N–H and O–H groups in total.